The molecule has 29 heavy (non-hydrogen) atoms. The topological polar surface area (TPSA) is 85.0 Å². The number of benzene rings is 2. The lowest BCUT2D eigenvalue weighted by molar-refractivity contribution is 0.262. The first-order chi connectivity index (χ1) is 14.8. The van der Waals surface area contributed by atoms with Crippen LogP contribution < -0.4 is 16.4 Å². The molecular weight excluding hydrogens is 437 g/mol. The van der Waals surface area contributed by atoms with Crippen LogP contribution in [0.25, 0.3) is 10.9 Å². The van der Waals surface area contributed by atoms with E-state index >= 15 is 0 Å². The Bertz CT molecular complexity index is 1290. The van der Waals surface area contributed by atoms with E-state index in [1.54, 1.807) is 36.5 Å². The van der Waals surface area contributed by atoms with Gasteiger partial charge >= 0.3 is 6.03 Å². The van der Waals surface area contributed by atoms with Crippen molar-refractivity contribution in [1.29, 1.82) is 0 Å². The van der Waals surface area contributed by atoms with E-state index < -0.39 is 18.3 Å². The average molecular weight is 456 g/mol. The number of hydrogen-bond acceptors (Lipinski definition) is 3. The number of nitrogens with one attached hydrogen (secondary N) is 2. The molecule has 0 aliphatic carbocycles. The molecule has 0 aliphatic heterocycles. The molecule has 2 amide bonds. The second-order valence-electron chi connectivity index (χ2n) is 6.21. The first kappa shape index (κ1) is 16.6. The Morgan fingerprint density at radius 3 is 2.83 bits per heavy atom. The number of carbonyl (C=O) groups is 1. The van der Waals surface area contributed by atoms with Gasteiger partial charge in [0.1, 0.15) is 11.6 Å². The van der Waals surface area contributed by atoms with E-state index in [2.05, 4.69) is 31.5 Å². The van der Waals surface area contributed by atoms with Crippen molar-refractivity contribution in [3.05, 3.63) is 82.8 Å². The molecule has 0 fully saturated rings. The Morgan fingerprint density at radius 1 is 1.17 bits per heavy atom. The zero-order valence-corrected chi connectivity index (χ0v) is 16.6. The zero-order valence-electron chi connectivity index (χ0n) is 17.0. The normalized spacial score (nSPS) is 12.3. The molecule has 0 radical (unpaired) electrons. The maximum Gasteiger partial charge on any atom is 0.323 e. The van der Waals surface area contributed by atoms with Crippen LogP contribution in [0.4, 0.5) is 26.4 Å². The number of anilines is 3. The van der Waals surface area contributed by atoms with E-state index in [0.29, 0.717) is 26.6 Å². The fraction of sp³-hybridized carbons (Fsp3) is 0.0476. The predicted molar refractivity (Wildman–Crippen MR) is 116 cm³/mol. The number of carbonyl (C=O) groups excluding carboxylic acids is 1. The molecule has 0 bridgehead atoms. The van der Waals surface area contributed by atoms with Crippen molar-refractivity contribution in [3.63, 3.8) is 0 Å². The molecule has 2 aromatic carbocycles. The van der Waals surface area contributed by atoms with Gasteiger partial charge in [0.25, 0.3) is 0 Å². The summed E-state index contributed by atoms with van der Waals surface area (Å²) < 4.78 is 33.2. The van der Waals surface area contributed by atoms with Crippen molar-refractivity contribution < 1.29 is 11.9 Å². The summed E-state index contributed by atoms with van der Waals surface area (Å²) in [5.74, 6) is -0.343. The first-order valence-corrected chi connectivity index (χ1v) is 9.40. The number of fused-ring (bicyclic) bond motifs is 1. The monoisotopic (exact) mass is 455 g/mol. The summed E-state index contributed by atoms with van der Waals surface area (Å²) >= 11 is 3.24. The molecule has 0 aliphatic rings. The van der Waals surface area contributed by atoms with E-state index in [0.717, 1.165) is 0 Å². The maximum atomic E-state index is 13.9. The van der Waals surface area contributed by atoms with Crippen LogP contribution in [0.3, 0.4) is 0 Å². The van der Waals surface area contributed by atoms with Crippen molar-refractivity contribution >= 4 is 50.1 Å². The third-order valence-corrected chi connectivity index (χ3v) is 4.68. The highest BCUT2D eigenvalue weighted by Gasteiger charge is 2.11. The van der Waals surface area contributed by atoms with Crippen molar-refractivity contribution in [2.24, 2.45) is 0 Å². The van der Waals surface area contributed by atoms with Gasteiger partial charge in [-0.3, -0.25) is 0 Å². The number of hydrogen-bond donors (Lipinski definition) is 3. The third-order valence-electron chi connectivity index (χ3n) is 4.19. The summed E-state index contributed by atoms with van der Waals surface area (Å²) in [6.07, 6.45) is 3.05. The van der Waals surface area contributed by atoms with Gasteiger partial charge in [-0.1, -0.05) is 22.0 Å². The number of nitrogens with zero attached hydrogens (tertiary/aromatic N) is 2. The molecule has 0 spiro atoms. The number of amides is 2. The lowest BCUT2D eigenvalue weighted by Crippen LogP contribution is -2.20. The third kappa shape index (κ3) is 4.22. The Morgan fingerprint density at radius 2 is 2.00 bits per heavy atom. The van der Waals surface area contributed by atoms with E-state index in [-0.39, 0.29) is 11.5 Å². The number of halogens is 2. The molecular formula is C21H17BrFN5O. The Kier molecular flexibility index (Phi) is 4.52. The van der Waals surface area contributed by atoms with Gasteiger partial charge in [0.05, 0.1) is 19.6 Å². The molecule has 0 unspecified atom stereocenters. The van der Waals surface area contributed by atoms with Gasteiger partial charge in [-0.05, 0) is 54.1 Å². The lowest BCUT2D eigenvalue weighted by Gasteiger charge is -2.11. The van der Waals surface area contributed by atoms with E-state index in [1.807, 2.05) is 0 Å². The highest BCUT2D eigenvalue weighted by Crippen LogP contribution is 2.26. The number of nitrogens with two attached hydrogens (primary N) is 1. The second-order valence-corrected chi connectivity index (χ2v) is 7.12. The van der Waals surface area contributed by atoms with Crippen LogP contribution in [0.2, 0.25) is 0 Å². The van der Waals surface area contributed by atoms with Gasteiger partial charge in [0.15, 0.2) is 0 Å². The SMILES string of the molecule is [2H]C([2H])(c1ccnc(N)c1)n1ccc2c(NC(=O)Nc3cc(Br)ccc3F)cccc21. The molecule has 4 rings (SSSR count). The zero-order chi connectivity index (χ0) is 22.2. The average Bonchev–Trinajstić information content (AvgIpc) is 3.17. The van der Waals surface area contributed by atoms with Crippen LogP contribution in [-0.2, 0) is 6.50 Å². The van der Waals surface area contributed by atoms with Crippen LogP contribution in [0.1, 0.15) is 8.30 Å². The van der Waals surface area contributed by atoms with Crippen molar-refractivity contribution in [2.45, 2.75) is 6.50 Å². The van der Waals surface area contributed by atoms with Crippen molar-refractivity contribution in [2.75, 3.05) is 16.4 Å². The minimum Gasteiger partial charge on any atom is -0.384 e. The van der Waals surface area contributed by atoms with Crippen molar-refractivity contribution in [1.82, 2.24) is 9.55 Å². The number of nitrogen functional groups attached to an aromatic ring is 1. The molecule has 2 aromatic heterocycles. The van der Waals surface area contributed by atoms with Crippen LogP contribution in [0, 0.1) is 5.82 Å². The van der Waals surface area contributed by atoms with Crippen LogP contribution in [0.15, 0.2) is 71.5 Å². The fourth-order valence-corrected chi connectivity index (χ4v) is 3.26. The van der Waals surface area contributed by atoms with E-state index in [1.165, 1.54) is 35.0 Å². The summed E-state index contributed by atoms with van der Waals surface area (Å²) in [4.78, 5) is 16.4. The van der Waals surface area contributed by atoms with Crippen molar-refractivity contribution in [3.8, 4) is 0 Å². The Balaban J connectivity index is 1.65. The first-order valence-electron chi connectivity index (χ1n) is 9.61. The number of urea groups is 1. The molecule has 6 nitrogen and oxygen atoms in total. The number of pyridine rings is 1. The van der Waals surface area contributed by atoms with Gasteiger partial charge in [-0.2, -0.15) is 0 Å². The summed E-state index contributed by atoms with van der Waals surface area (Å²) in [5.41, 5.74) is 7.10. The fourth-order valence-electron chi connectivity index (χ4n) is 2.90. The second kappa shape index (κ2) is 7.92. The van der Waals surface area contributed by atoms with E-state index in [9.17, 15) is 9.18 Å². The minimum atomic E-state index is -1.90. The molecule has 4 N–H and O–H groups in total. The largest absolute Gasteiger partial charge is 0.384 e. The highest BCUT2D eigenvalue weighted by atomic mass is 79.9. The van der Waals surface area contributed by atoms with Gasteiger partial charge < -0.3 is 20.9 Å². The molecule has 0 atom stereocenters. The summed E-state index contributed by atoms with van der Waals surface area (Å²) in [6, 6.07) is 13.5. The molecule has 0 saturated heterocycles. The van der Waals surface area contributed by atoms with Gasteiger partial charge in [0, 0.05) is 28.7 Å². The molecule has 4 aromatic rings. The van der Waals surface area contributed by atoms with Crippen LogP contribution >= 0.6 is 15.9 Å². The van der Waals surface area contributed by atoms with Crippen LogP contribution in [0.5, 0.6) is 0 Å². The smallest absolute Gasteiger partial charge is 0.323 e. The van der Waals surface area contributed by atoms with E-state index in [4.69, 9.17) is 8.48 Å². The predicted octanol–water partition coefficient (Wildman–Crippen LogP) is 5.21. The molecule has 2 heterocycles. The summed E-state index contributed by atoms with van der Waals surface area (Å²) in [7, 11) is 0. The highest BCUT2D eigenvalue weighted by molar-refractivity contribution is 9.10. The van der Waals surface area contributed by atoms with Gasteiger partial charge in [-0.15, -0.1) is 0 Å². The maximum absolute atomic E-state index is 13.9. The molecule has 146 valence electrons. The molecule has 0 saturated carbocycles. The Labute approximate surface area is 177 Å². The Hall–Kier alpha value is -3.39. The van der Waals surface area contributed by atoms with Crippen LogP contribution in [-0.4, -0.2) is 15.6 Å². The molecule has 8 heteroatoms. The summed E-state index contributed by atoms with van der Waals surface area (Å²) in [6.45, 7) is -1.90. The number of aromatic nitrogens is 2. The minimum absolute atomic E-state index is 0.0308. The van der Waals surface area contributed by atoms with Gasteiger partial charge in [-0.25, -0.2) is 14.2 Å². The standard InChI is InChI=1S/C21H17BrFN5O/c22-14-4-5-16(23)18(11-14)27-21(29)26-17-2-1-3-19-15(17)7-9-28(19)12-13-6-8-25-20(24)10-13/h1-11H,12H2,(H2,24,25)(H2,26,27,29)/i12D2. The van der Waals surface area contributed by atoms with Gasteiger partial charge in [0.2, 0.25) is 0 Å². The number of rotatable bonds is 4. The summed E-state index contributed by atoms with van der Waals surface area (Å²) in [5, 5.41) is 5.80. The quantitative estimate of drug-likeness (QED) is 0.394. The lowest BCUT2D eigenvalue weighted by atomic mass is 10.2.